The van der Waals surface area contributed by atoms with E-state index in [4.69, 9.17) is 4.74 Å². The quantitative estimate of drug-likeness (QED) is 0.336. The third-order valence-electron chi connectivity index (χ3n) is 3.61. The number of nitrogens with zero attached hydrogens (tertiary/aromatic N) is 4. The van der Waals surface area contributed by atoms with E-state index in [1.807, 2.05) is 30.2 Å². The van der Waals surface area contributed by atoms with Crippen LogP contribution >= 0.6 is 24.0 Å². The number of likely N-dealkylation sites (tertiary alicyclic amines) is 1. The van der Waals surface area contributed by atoms with Crippen LogP contribution in [0.3, 0.4) is 0 Å². The first-order valence-corrected chi connectivity index (χ1v) is 7.25. The second-order valence-electron chi connectivity index (χ2n) is 5.15. The first-order chi connectivity index (χ1) is 9.83. The van der Waals surface area contributed by atoms with E-state index in [9.17, 15) is 0 Å². The normalized spacial score (nSPS) is 18.7. The van der Waals surface area contributed by atoms with Crippen LogP contribution in [0.15, 0.2) is 23.5 Å². The number of aromatic nitrogens is 2. The predicted molar refractivity (Wildman–Crippen MR) is 95.2 cm³/mol. The number of halogens is 1. The first-order valence-electron chi connectivity index (χ1n) is 7.25. The number of aryl methyl sites for hydroxylation is 1. The minimum Gasteiger partial charge on any atom is -0.384 e. The number of rotatable bonds is 6. The van der Waals surface area contributed by atoms with Gasteiger partial charge in [0, 0.05) is 58.6 Å². The Bertz CT molecular complexity index is 410. The Labute approximate surface area is 144 Å². The highest BCUT2D eigenvalue weighted by Crippen LogP contribution is 2.16. The van der Waals surface area contributed by atoms with Gasteiger partial charge in [0.05, 0.1) is 6.61 Å². The van der Waals surface area contributed by atoms with Crippen LogP contribution in [-0.4, -0.2) is 61.0 Å². The molecule has 0 aliphatic carbocycles. The van der Waals surface area contributed by atoms with Crippen molar-refractivity contribution in [1.82, 2.24) is 20.0 Å². The van der Waals surface area contributed by atoms with E-state index in [0.29, 0.717) is 5.92 Å². The molecule has 0 aromatic carbocycles. The van der Waals surface area contributed by atoms with E-state index in [2.05, 4.69) is 20.3 Å². The molecule has 0 spiro atoms. The molecule has 2 rings (SSSR count). The van der Waals surface area contributed by atoms with Crippen molar-refractivity contribution >= 4 is 29.9 Å². The van der Waals surface area contributed by atoms with Crippen LogP contribution in [0, 0.1) is 5.92 Å². The molecule has 1 aliphatic rings. The van der Waals surface area contributed by atoms with E-state index in [1.165, 1.54) is 6.42 Å². The van der Waals surface area contributed by atoms with Crippen molar-refractivity contribution in [3.8, 4) is 0 Å². The molecule has 0 saturated carbocycles. The molecule has 1 atom stereocenters. The number of methoxy groups -OCH3 is 1. The van der Waals surface area contributed by atoms with Gasteiger partial charge in [-0.05, 0) is 18.9 Å². The maximum absolute atomic E-state index is 5.23. The molecule has 1 aromatic rings. The van der Waals surface area contributed by atoms with E-state index in [1.54, 1.807) is 7.11 Å². The number of aliphatic imine (C=N–C) groups is 1. The molecule has 21 heavy (non-hydrogen) atoms. The molecule has 0 amide bonds. The van der Waals surface area contributed by atoms with Crippen molar-refractivity contribution < 1.29 is 4.74 Å². The summed E-state index contributed by atoms with van der Waals surface area (Å²) in [4.78, 5) is 6.68. The van der Waals surface area contributed by atoms with Gasteiger partial charge >= 0.3 is 0 Å². The van der Waals surface area contributed by atoms with E-state index in [0.717, 1.165) is 45.2 Å². The maximum Gasteiger partial charge on any atom is 0.193 e. The molecule has 1 aliphatic heterocycles. The highest BCUT2D eigenvalue weighted by molar-refractivity contribution is 14.0. The lowest BCUT2D eigenvalue weighted by Crippen LogP contribution is -2.40. The van der Waals surface area contributed by atoms with Crippen LogP contribution in [-0.2, 0) is 11.3 Å². The average Bonchev–Trinajstić information content (AvgIpc) is 3.11. The molecule has 120 valence electrons. The van der Waals surface area contributed by atoms with Gasteiger partial charge in [-0.25, -0.2) is 0 Å². The van der Waals surface area contributed by atoms with Crippen molar-refractivity contribution in [3.05, 3.63) is 18.5 Å². The summed E-state index contributed by atoms with van der Waals surface area (Å²) < 4.78 is 7.18. The Morgan fingerprint density at radius 1 is 1.52 bits per heavy atom. The van der Waals surface area contributed by atoms with Crippen LogP contribution in [0.1, 0.15) is 12.8 Å². The van der Waals surface area contributed by atoms with E-state index < -0.39 is 0 Å². The molecular weight excluding hydrogens is 381 g/mol. The van der Waals surface area contributed by atoms with Gasteiger partial charge in [-0.2, -0.15) is 5.10 Å². The Kier molecular flexibility index (Phi) is 8.67. The van der Waals surface area contributed by atoms with Gasteiger partial charge in [0.1, 0.15) is 0 Å². The fourth-order valence-corrected chi connectivity index (χ4v) is 2.60. The predicted octanol–water partition coefficient (Wildman–Crippen LogP) is 1.43. The summed E-state index contributed by atoms with van der Waals surface area (Å²) in [7, 11) is 3.62. The Hall–Kier alpha value is -0.830. The van der Waals surface area contributed by atoms with Crippen molar-refractivity contribution in [2.45, 2.75) is 19.4 Å². The smallest absolute Gasteiger partial charge is 0.193 e. The molecule has 1 saturated heterocycles. The van der Waals surface area contributed by atoms with Crippen molar-refractivity contribution in [3.63, 3.8) is 0 Å². The lowest BCUT2D eigenvalue weighted by atomic mass is 10.1. The number of hydrogen-bond donors (Lipinski definition) is 1. The molecule has 1 fully saturated rings. The topological polar surface area (TPSA) is 54.7 Å². The van der Waals surface area contributed by atoms with Gasteiger partial charge in [0.2, 0.25) is 0 Å². The molecule has 0 radical (unpaired) electrons. The van der Waals surface area contributed by atoms with E-state index in [-0.39, 0.29) is 24.0 Å². The van der Waals surface area contributed by atoms with Gasteiger partial charge in [0.15, 0.2) is 5.96 Å². The van der Waals surface area contributed by atoms with Crippen molar-refractivity contribution in [2.24, 2.45) is 10.9 Å². The van der Waals surface area contributed by atoms with Crippen LogP contribution in [0.2, 0.25) is 0 Å². The largest absolute Gasteiger partial charge is 0.384 e. The SMILES string of the molecule is CN=C(NCCCn1cccn1)N1CCC(COC)C1.I. The van der Waals surface area contributed by atoms with Gasteiger partial charge < -0.3 is 15.0 Å². The number of ether oxygens (including phenoxy) is 1. The zero-order valence-corrected chi connectivity index (χ0v) is 15.2. The number of nitrogens with one attached hydrogen (secondary N) is 1. The summed E-state index contributed by atoms with van der Waals surface area (Å²) in [6.07, 6.45) is 6.02. The Morgan fingerprint density at radius 2 is 2.38 bits per heavy atom. The molecule has 7 heteroatoms. The molecular formula is C14H26IN5O. The van der Waals surface area contributed by atoms with Gasteiger partial charge in [-0.3, -0.25) is 9.67 Å². The molecule has 1 N–H and O–H groups in total. The van der Waals surface area contributed by atoms with Crippen LogP contribution < -0.4 is 5.32 Å². The van der Waals surface area contributed by atoms with E-state index >= 15 is 0 Å². The monoisotopic (exact) mass is 407 g/mol. The number of guanidine groups is 1. The summed E-state index contributed by atoms with van der Waals surface area (Å²) in [6.45, 7) is 4.79. The zero-order chi connectivity index (χ0) is 14.2. The average molecular weight is 407 g/mol. The third kappa shape index (κ3) is 5.82. The minimum atomic E-state index is 0. The summed E-state index contributed by atoms with van der Waals surface area (Å²) in [6, 6.07) is 1.95. The van der Waals surface area contributed by atoms with Gasteiger partial charge in [-0.15, -0.1) is 24.0 Å². The first kappa shape index (κ1) is 18.2. The van der Waals surface area contributed by atoms with Gasteiger partial charge in [-0.1, -0.05) is 0 Å². The van der Waals surface area contributed by atoms with Crippen molar-refractivity contribution in [2.75, 3.05) is 40.4 Å². The van der Waals surface area contributed by atoms with Gasteiger partial charge in [0.25, 0.3) is 0 Å². The van der Waals surface area contributed by atoms with Crippen LogP contribution in [0.25, 0.3) is 0 Å². The highest BCUT2D eigenvalue weighted by atomic mass is 127. The van der Waals surface area contributed by atoms with Crippen LogP contribution in [0.5, 0.6) is 0 Å². The third-order valence-corrected chi connectivity index (χ3v) is 3.61. The summed E-state index contributed by atoms with van der Waals surface area (Å²) in [5, 5.41) is 7.63. The Morgan fingerprint density at radius 3 is 3.05 bits per heavy atom. The van der Waals surface area contributed by atoms with Crippen molar-refractivity contribution in [1.29, 1.82) is 0 Å². The molecule has 1 aromatic heterocycles. The summed E-state index contributed by atoms with van der Waals surface area (Å²) in [5.41, 5.74) is 0. The minimum absolute atomic E-state index is 0. The second-order valence-corrected chi connectivity index (χ2v) is 5.15. The molecule has 1 unspecified atom stereocenters. The highest BCUT2D eigenvalue weighted by Gasteiger charge is 2.24. The lowest BCUT2D eigenvalue weighted by Gasteiger charge is -2.21. The van der Waals surface area contributed by atoms with Crippen LogP contribution in [0.4, 0.5) is 0 Å². The summed E-state index contributed by atoms with van der Waals surface area (Å²) in [5.74, 6) is 1.63. The lowest BCUT2D eigenvalue weighted by molar-refractivity contribution is 0.157. The standard InChI is InChI=1S/C14H25N5O.HI/c1-15-14(18-10-5-13(11-18)12-20-2)16-6-3-8-19-9-4-7-17-19;/h4,7,9,13H,3,5-6,8,10-12H2,1-2H3,(H,15,16);1H. The fourth-order valence-electron chi connectivity index (χ4n) is 2.60. The molecule has 0 bridgehead atoms. The fraction of sp³-hybridized carbons (Fsp3) is 0.714. The molecule has 2 heterocycles. The Balaban J connectivity index is 0.00000220. The molecule has 6 nitrogen and oxygen atoms in total. The summed E-state index contributed by atoms with van der Waals surface area (Å²) >= 11 is 0. The number of hydrogen-bond acceptors (Lipinski definition) is 3. The zero-order valence-electron chi connectivity index (χ0n) is 12.9. The maximum atomic E-state index is 5.23. The second kappa shape index (κ2) is 9.99.